The third-order valence-corrected chi connectivity index (χ3v) is 5.93. The summed E-state index contributed by atoms with van der Waals surface area (Å²) in [5, 5.41) is 14.0. The highest BCUT2D eigenvalue weighted by Crippen LogP contribution is 2.30. The zero-order chi connectivity index (χ0) is 24.1. The van der Waals surface area contributed by atoms with E-state index in [2.05, 4.69) is 10.3 Å². The van der Waals surface area contributed by atoms with Gasteiger partial charge in [0.15, 0.2) is 0 Å². The number of para-hydroxylation sites is 1. The van der Waals surface area contributed by atoms with E-state index >= 15 is 0 Å². The number of amides is 1. The van der Waals surface area contributed by atoms with E-state index in [0.29, 0.717) is 35.5 Å². The fourth-order valence-corrected chi connectivity index (χ4v) is 4.07. The second kappa shape index (κ2) is 10.7. The highest BCUT2D eigenvalue weighted by Gasteiger charge is 2.20. The first-order valence-electron chi connectivity index (χ1n) is 11.2. The van der Waals surface area contributed by atoms with Gasteiger partial charge in [-0.05, 0) is 59.9 Å². The van der Waals surface area contributed by atoms with Crippen LogP contribution in [0.25, 0.3) is 22.0 Å². The number of fused-ring (bicyclic) bond motifs is 1. The molecule has 178 valence electrons. The summed E-state index contributed by atoms with van der Waals surface area (Å²) >= 11 is 5.95. The SMILES string of the molecule is CCCOc1ccc(-c2ccc(F)c(Cl)c2)cc1C(=O)N[C@H](CO)Cc1c[nH]c2ccccc12.[HH]. The molecule has 3 N–H and O–H groups in total. The Morgan fingerprint density at radius 2 is 1.94 bits per heavy atom. The molecule has 0 bridgehead atoms. The van der Waals surface area contributed by atoms with Gasteiger partial charge in [0.1, 0.15) is 11.6 Å². The molecule has 7 heteroatoms. The summed E-state index contributed by atoms with van der Waals surface area (Å²) in [6.07, 6.45) is 3.15. The van der Waals surface area contributed by atoms with Crippen LogP contribution in [0.15, 0.2) is 66.9 Å². The molecule has 4 rings (SSSR count). The van der Waals surface area contributed by atoms with Gasteiger partial charge < -0.3 is 20.1 Å². The van der Waals surface area contributed by atoms with Crippen molar-refractivity contribution in [3.8, 4) is 16.9 Å². The van der Waals surface area contributed by atoms with E-state index in [9.17, 15) is 14.3 Å². The lowest BCUT2D eigenvalue weighted by molar-refractivity contribution is 0.0912. The molecule has 3 aromatic carbocycles. The summed E-state index contributed by atoms with van der Waals surface area (Å²) < 4.78 is 19.4. The number of hydrogen-bond acceptors (Lipinski definition) is 3. The Bertz CT molecular complexity index is 1310. The average molecular weight is 483 g/mol. The standard InChI is InChI=1S/C27H26ClFN2O3.H2/c1-2-11-34-26-10-8-17(18-7-9-24(29)23(28)14-18)13-22(26)27(33)31-20(16-32)12-19-15-30-25-6-4-3-5-21(19)25;/h3-10,13-15,20,30,32H,2,11-12,16H2,1H3,(H,31,33);1H/t20-;/m0./s1. The van der Waals surface area contributed by atoms with Crippen LogP contribution in [0, 0.1) is 5.82 Å². The smallest absolute Gasteiger partial charge is 0.255 e. The molecule has 0 saturated heterocycles. The Balaban J connectivity index is 0.00000342. The zero-order valence-electron chi connectivity index (χ0n) is 18.8. The quantitative estimate of drug-likeness (QED) is 0.274. The van der Waals surface area contributed by atoms with Crippen LogP contribution in [0.4, 0.5) is 4.39 Å². The number of H-pyrrole nitrogens is 1. The molecule has 4 aromatic rings. The summed E-state index contributed by atoms with van der Waals surface area (Å²) in [6, 6.07) is 17.1. The fourth-order valence-electron chi connectivity index (χ4n) is 3.89. The van der Waals surface area contributed by atoms with E-state index in [-0.39, 0.29) is 19.0 Å². The lowest BCUT2D eigenvalue weighted by atomic mass is 10.0. The van der Waals surface area contributed by atoms with Gasteiger partial charge in [-0.3, -0.25) is 4.79 Å². The number of aromatic nitrogens is 1. The molecular weight excluding hydrogens is 455 g/mol. The minimum Gasteiger partial charge on any atom is -0.493 e. The van der Waals surface area contributed by atoms with Crippen molar-refractivity contribution < 1.29 is 20.5 Å². The molecule has 1 atom stereocenters. The first-order chi connectivity index (χ1) is 16.5. The number of rotatable bonds is 9. The van der Waals surface area contributed by atoms with Crippen LogP contribution in [0.2, 0.25) is 5.02 Å². The topological polar surface area (TPSA) is 74.3 Å². The maximum absolute atomic E-state index is 13.6. The Morgan fingerprint density at radius 3 is 2.71 bits per heavy atom. The molecule has 1 aromatic heterocycles. The van der Waals surface area contributed by atoms with E-state index in [1.165, 1.54) is 12.1 Å². The van der Waals surface area contributed by atoms with E-state index < -0.39 is 11.9 Å². The van der Waals surface area contributed by atoms with Gasteiger partial charge in [0.2, 0.25) is 0 Å². The number of nitrogens with one attached hydrogen (secondary N) is 2. The molecule has 5 nitrogen and oxygen atoms in total. The fraction of sp³-hybridized carbons (Fsp3) is 0.222. The summed E-state index contributed by atoms with van der Waals surface area (Å²) in [5.74, 6) is -0.422. The molecule has 1 heterocycles. The van der Waals surface area contributed by atoms with Crippen molar-refractivity contribution in [1.29, 1.82) is 0 Å². The predicted molar refractivity (Wildman–Crippen MR) is 135 cm³/mol. The van der Waals surface area contributed by atoms with Gasteiger partial charge in [-0.2, -0.15) is 0 Å². The molecule has 34 heavy (non-hydrogen) atoms. The number of aromatic amines is 1. The lowest BCUT2D eigenvalue weighted by Gasteiger charge is -2.18. The van der Waals surface area contributed by atoms with Crippen molar-refractivity contribution in [2.75, 3.05) is 13.2 Å². The van der Waals surface area contributed by atoms with Crippen molar-refractivity contribution in [2.24, 2.45) is 0 Å². The average Bonchev–Trinajstić information content (AvgIpc) is 3.26. The molecule has 0 aliphatic carbocycles. The number of benzene rings is 3. The number of carbonyl (C=O) groups is 1. The largest absolute Gasteiger partial charge is 0.493 e. The van der Waals surface area contributed by atoms with Crippen molar-refractivity contribution in [3.05, 3.63) is 88.8 Å². The van der Waals surface area contributed by atoms with Crippen LogP contribution in [-0.4, -0.2) is 35.3 Å². The van der Waals surface area contributed by atoms with E-state index in [1.807, 2.05) is 37.4 Å². The van der Waals surface area contributed by atoms with Crippen LogP contribution in [0.1, 0.15) is 30.7 Å². The first kappa shape index (κ1) is 23.8. The number of hydrogen-bond donors (Lipinski definition) is 3. The van der Waals surface area contributed by atoms with Crippen LogP contribution < -0.4 is 10.1 Å². The van der Waals surface area contributed by atoms with Crippen molar-refractivity contribution in [3.63, 3.8) is 0 Å². The van der Waals surface area contributed by atoms with E-state index in [0.717, 1.165) is 22.9 Å². The van der Waals surface area contributed by atoms with Gasteiger partial charge in [-0.25, -0.2) is 4.39 Å². The van der Waals surface area contributed by atoms with Gasteiger partial charge in [0.25, 0.3) is 5.91 Å². The highest BCUT2D eigenvalue weighted by molar-refractivity contribution is 6.31. The molecule has 0 aliphatic rings. The number of carbonyl (C=O) groups excluding carboxylic acids is 1. The second-order valence-electron chi connectivity index (χ2n) is 8.10. The Morgan fingerprint density at radius 1 is 1.18 bits per heavy atom. The van der Waals surface area contributed by atoms with Gasteiger partial charge in [-0.1, -0.05) is 48.9 Å². The normalized spacial score (nSPS) is 12.0. The molecule has 0 radical (unpaired) electrons. The molecule has 0 unspecified atom stereocenters. The Kier molecular flexibility index (Phi) is 7.50. The summed E-state index contributed by atoms with van der Waals surface area (Å²) in [7, 11) is 0. The third kappa shape index (κ3) is 5.24. The van der Waals surface area contributed by atoms with E-state index in [1.54, 1.807) is 24.3 Å². The monoisotopic (exact) mass is 482 g/mol. The summed E-state index contributed by atoms with van der Waals surface area (Å²) in [5.41, 5.74) is 3.73. The van der Waals surface area contributed by atoms with E-state index in [4.69, 9.17) is 16.3 Å². The predicted octanol–water partition coefficient (Wildman–Crippen LogP) is 6.00. The van der Waals surface area contributed by atoms with Crippen LogP contribution in [0.3, 0.4) is 0 Å². The number of aliphatic hydroxyl groups excluding tert-OH is 1. The minimum atomic E-state index is -0.505. The maximum atomic E-state index is 13.6. The molecule has 1 amide bonds. The highest BCUT2D eigenvalue weighted by atomic mass is 35.5. The van der Waals surface area contributed by atoms with Gasteiger partial charge in [0.05, 0.1) is 29.8 Å². The number of aliphatic hydroxyl groups is 1. The summed E-state index contributed by atoms with van der Waals surface area (Å²) in [4.78, 5) is 16.5. The Labute approximate surface area is 204 Å². The van der Waals surface area contributed by atoms with Crippen molar-refractivity contribution in [2.45, 2.75) is 25.8 Å². The molecular formula is C27H28ClFN2O3. The van der Waals surface area contributed by atoms with Crippen LogP contribution in [0.5, 0.6) is 5.75 Å². The van der Waals surface area contributed by atoms with Crippen molar-refractivity contribution >= 4 is 28.4 Å². The van der Waals surface area contributed by atoms with Gasteiger partial charge >= 0.3 is 0 Å². The minimum absolute atomic E-state index is 0. The van der Waals surface area contributed by atoms with Gasteiger partial charge in [0, 0.05) is 18.5 Å². The third-order valence-electron chi connectivity index (χ3n) is 5.64. The lowest BCUT2D eigenvalue weighted by Crippen LogP contribution is -2.39. The molecule has 0 fully saturated rings. The molecule has 0 saturated carbocycles. The molecule has 0 aliphatic heterocycles. The second-order valence-corrected chi connectivity index (χ2v) is 8.51. The first-order valence-corrected chi connectivity index (χ1v) is 11.6. The van der Waals surface area contributed by atoms with Crippen molar-refractivity contribution in [1.82, 2.24) is 10.3 Å². The number of ether oxygens (including phenoxy) is 1. The number of halogens is 2. The Hall–Kier alpha value is -3.35. The van der Waals surface area contributed by atoms with Gasteiger partial charge in [-0.15, -0.1) is 0 Å². The van der Waals surface area contributed by atoms with Crippen LogP contribution in [-0.2, 0) is 6.42 Å². The maximum Gasteiger partial charge on any atom is 0.255 e. The van der Waals surface area contributed by atoms with Crippen LogP contribution >= 0.6 is 11.6 Å². The molecule has 0 spiro atoms. The summed E-state index contributed by atoms with van der Waals surface area (Å²) in [6.45, 7) is 2.22. The zero-order valence-corrected chi connectivity index (χ0v) is 19.5.